The first-order valence-electron chi connectivity index (χ1n) is 6.97. The Balaban J connectivity index is 2.37. The van der Waals surface area contributed by atoms with Gasteiger partial charge in [-0.15, -0.1) is 0 Å². The smallest absolute Gasteiger partial charge is 0.246 e. The van der Waals surface area contributed by atoms with Crippen molar-refractivity contribution in [3.63, 3.8) is 0 Å². The Hall–Kier alpha value is -1.98. The lowest BCUT2D eigenvalue weighted by Crippen LogP contribution is -2.66. The lowest BCUT2D eigenvalue weighted by Gasteiger charge is -2.45. The average molecular weight is 296 g/mol. The summed E-state index contributed by atoms with van der Waals surface area (Å²) in [7, 11) is 0. The Morgan fingerprint density at radius 2 is 1.90 bits per heavy atom. The molecule has 2 rings (SSSR count). The summed E-state index contributed by atoms with van der Waals surface area (Å²) in [6.45, 7) is 3.49. The van der Waals surface area contributed by atoms with Crippen LogP contribution in [0.1, 0.15) is 32.3 Å². The molecule has 114 valence electrons. The second-order valence-corrected chi connectivity index (χ2v) is 5.14. The van der Waals surface area contributed by atoms with Crippen molar-refractivity contribution in [2.75, 3.05) is 6.54 Å². The molecule has 1 aromatic rings. The maximum atomic E-state index is 13.8. The van der Waals surface area contributed by atoms with Crippen molar-refractivity contribution >= 4 is 11.8 Å². The fraction of sp³-hybridized carbons (Fsp3) is 0.467. The quantitative estimate of drug-likeness (QED) is 0.923. The molecule has 1 aliphatic heterocycles. The number of hydrogen-bond donors (Lipinski definition) is 1. The van der Waals surface area contributed by atoms with E-state index in [1.807, 2.05) is 13.8 Å². The Labute approximate surface area is 122 Å². The van der Waals surface area contributed by atoms with E-state index in [0.29, 0.717) is 12.8 Å². The van der Waals surface area contributed by atoms with E-state index < -0.39 is 17.2 Å². The minimum atomic E-state index is -0.976. The number of nitrogens with one attached hydrogen (secondary N) is 1. The third kappa shape index (κ3) is 2.62. The third-order valence-electron chi connectivity index (χ3n) is 4.15. The van der Waals surface area contributed by atoms with E-state index in [2.05, 4.69) is 5.32 Å². The van der Waals surface area contributed by atoms with Gasteiger partial charge >= 0.3 is 0 Å². The number of carbonyl (C=O) groups is 2. The standard InChI is InChI=1S/C15H18F2N2O2/c1-3-15(4-2)14(21)18-8-13(20)19(15)9-10-5-6-11(16)7-12(10)17/h5-7H,3-4,8-9H2,1-2H3,(H,18,21). The molecule has 1 saturated heterocycles. The van der Waals surface area contributed by atoms with Crippen molar-refractivity contribution < 1.29 is 18.4 Å². The van der Waals surface area contributed by atoms with E-state index in [9.17, 15) is 18.4 Å². The molecule has 4 nitrogen and oxygen atoms in total. The highest BCUT2D eigenvalue weighted by molar-refractivity contribution is 5.97. The number of rotatable bonds is 4. The van der Waals surface area contributed by atoms with E-state index in [0.717, 1.165) is 12.1 Å². The summed E-state index contributed by atoms with van der Waals surface area (Å²) in [5, 5.41) is 2.58. The molecule has 21 heavy (non-hydrogen) atoms. The molecule has 0 spiro atoms. The Morgan fingerprint density at radius 1 is 1.24 bits per heavy atom. The van der Waals surface area contributed by atoms with Crippen LogP contribution >= 0.6 is 0 Å². The molecular weight excluding hydrogens is 278 g/mol. The van der Waals surface area contributed by atoms with E-state index in [4.69, 9.17) is 0 Å². The van der Waals surface area contributed by atoms with Crippen LogP contribution in [0.2, 0.25) is 0 Å². The highest BCUT2D eigenvalue weighted by atomic mass is 19.1. The van der Waals surface area contributed by atoms with Crippen LogP contribution in [-0.4, -0.2) is 28.8 Å². The maximum absolute atomic E-state index is 13.8. The molecule has 0 bridgehead atoms. The third-order valence-corrected chi connectivity index (χ3v) is 4.15. The topological polar surface area (TPSA) is 49.4 Å². The highest BCUT2D eigenvalue weighted by Crippen LogP contribution is 2.29. The van der Waals surface area contributed by atoms with Gasteiger partial charge in [0.15, 0.2) is 0 Å². The van der Waals surface area contributed by atoms with Crippen molar-refractivity contribution in [2.45, 2.75) is 38.8 Å². The number of halogens is 2. The largest absolute Gasteiger partial charge is 0.345 e. The van der Waals surface area contributed by atoms with Crippen molar-refractivity contribution in [1.29, 1.82) is 0 Å². The minimum absolute atomic E-state index is 0.0416. The number of piperazine rings is 1. The molecule has 6 heteroatoms. The number of amides is 2. The summed E-state index contributed by atoms with van der Waals surface area (Å²) in [6, 6.07) is 3.23. The first kappa shape index (κ1) is 15.4. The zero-order valence-corrected chi connectivity index (χ0v) is 12.1. The second kappa shape index (κ2) is 5.79. The Morgan fingerprint density at radius 3 is 2.48 bits per heavy atom. The summed E-state index contributed by atoms with van der Waals surface area (Å²) < 4.78 is 26.8. The van der Waals surface area contributed by atoms with E-state index in [-0.39, 0.29) is 30.5 Å². The predicted molar refractivity (Wildman–Crippen MR) is 73.2 cm³/mol. The number of nitrogens with zero attached hydrogens (tertiary/aromatic N) is 1. The van der Waals surface area contributed by atoms with Crippen molar-refractivity contribution in [3.05, 3.63) is 35.4 Å². The van der Waals surface area contributed by atoms with Crippen molar-refractivity contribution in [1.82, 2.24) is 10.2 Å². The van der Waals surface area contributed by atoms with Crippen LogP contribution in [0.4, 0.5) is 8.78 Å². The molecule has 0 atom stereocenters. The molecule has 2 amide bonds. The zero-order valence-electron chi connectivity index (χ0n) is 12.1. The number of carbonyl (C=O) groups excluding carboxylic acids is 2. The van der Waals surface area contributed by atoms with Gasteiger partial charge in [0.2, 0.25) is 11.8 Å². The molecule has 0 aromatic heterocycles. The van der Waals surface area contributed by atoms with Gasteiger partial charge in [0.05, 0.1) is 6.54 Å². The molecule has 0 unspecified atom stereocenters. The molecule has 1 fully saturated rings. The summed E-state index contributed by atoms with van der Waals surface area (Å²) in [4.78, 5) is 25.8. The maximum Gasteiger partial charge on any atom is 0.246 e. The van der Waals surface area contributed by atoms with Gasteiger partial charge in [-0.2, -0.15) is 0 Å². The SMILES string of the molecule is CCC1(CC)C(=O)NCC(=O)N1Cc1ccc(F)cc1F. The Kier molecular flexibility index (Phi) is 4.25. The number of hydrogen-bond acceptors (Lipinski definition) is 2. The van der Waals surface area contributed by atoms with Crippen LogP contribution in [0.15, 0.2) is 18.2 Å². The second-order valence-electron chi connectivity index (χ2n) is 5.14. The summed E-state index contributed by atoms with van der Waals surface area (Å²) in [6.07, 6.45) is 0.869. The molecule has 1 N–H and O–H groups in total. The van der Waals surface area contributed by atoms with Crippen LogP contribution in [0.5, 0.6) is 0 Å². The van der Waals surface area contributed by atoms with Gasteiger partial charge in [-0.25, -0.2) is 8.78 Å². The van der Waals surface area contributed by atoms with Gasteiger partial charge in [-0.1, -0.05) is 19.9 Å². The van der Waals surface area contributed by atoms with E-state index >= 15 is 0 Å². The van der Waals surface area contributed by atoms with Crippen LogP contribution < -0.4 is 5.32 Å². The van der Waals surface area contributed by atoms with Crippen molar-refractivity contribution in [3.8, 4) is 0 Å². The van der Waals surface area contributed by atoms with Crippen molar-refractivity contribution in [2.24, 2.45) is 0 Å². The lowest BCUT2D eigenvalue weighted by molar-refractivity contribution is -0.155. The summed E-state index contributed by atoms with van der Waals surface area (Å²) >= 11 is 0. The monoisotopic (exact) mass is 296 g/mol. The van der Waals surface area contributed by atoms with Gasteiger partial charge < -0.3 is 10.2 Å². The summed E-state index contributed by atoms with van der Waals surface area (Å²) in [5.74, 6) is -1.87. The van der Waals surface area contributed by atoms with Gasteiger partial charge in [-0.05, 0) is 18.9 Å². The van der Waals surface area contributed by atoms with Gasteiger partial charge in [0.1, 0.15) is 17.2 Å². The van der Waals surface area contributed by atoms with Crippen LogP contribution in [0.3, 0.4) is 0 Å². The first-order valence-corrected chi connectivity index (χ1v) is 6.97. The molecular formula is C15H18F2N2O2. The Bertz CT molecular complexity index is 571. The predicted octanol–water partition coefficient (Wildman–Crippen LogP) is 1.98. The highest BCUT2D eigenvalue weighted by Gasteiger charge is 2.46. The molecule has 0 aliphatic carbocycles. The lowest BCUT2D eigenvalue weighted by atomic mass is 9.87. The normalized spacial score (nSPS) is 17.8. The zero-order chi connectivity index (χ0) is 15.6. The van der Waals surface area contributed by atoms with Gasteiger partial charge in [0, 0.05) is 18.2 Å². The fourth-order valence-corrected chi connectivity index (χ4v) is 2.79. The number of benzene rings is 1. The van der Waals surface area contributed by atoms with Crippen LogP contribution in [0, 0.1) is 11.6 Å². The van der Waals surface area contributed by atoms with E-state index in [1.165, 1.54) is 11.0 Å². The molecule has 0 saturated carbocycles. The van der Waals surface area contributed by atoms with Crippen LogP contribution in [0.25, 0.3) is 0 Å². The van der Waals surface area contributed by atoms with Gasteiger partial charge in [-0.3, -0.25) is 9.59 Å². The summed E-state index contributed by atoms with van der Waals surface area (Å²) in [5.41, 5.74) is -0.776. The molecule has 1 aliphatic rings. The molecule has 0 radical (unpaired) electrons. The molecule has 1 aromatic carbocycles. The van der Waals surface area contributed by atoms with Crippen LogP contribution in [-0.2, 0) is 16.1 Å². The fourth-order valence-electron chi connectivity index (χ4n) is 2.79. The van der Waals surface area contributed by atoms with Gasteiger partial charge in [0.25, 0.3) is 0 Å². The molecule has 1 heterocycles. The van der Waals surface area contributed by atoms with E-state index in [1.54, 1.807) is 0 Å². The average Bonchev–Trinajstić information content (AvgIpc) is 2.46. The minimum Gasteiger partial charge on any atom is -0.345 e. The first-order chi connectivity index (χ1) is 9.94.